The SMILES string of the molecule is CC(C)c1ccn(CC(C)c2cnn(-c3nccn3C(C)C)c2)n1. The van der Waals surface area contributed by atoms with Crippen LogP contribution in [0.4, 0.5) is 0 Å². The predicted molar refractivity (Wildman–Crippen MR) is 94.5 cm³/mol. The van der Waals surface area contributed by atoms with Gasteiger partial charge in [0.2, 0.25) is 5.95 Å². The average Bonchev–Trinajstić information content (AvgIpc) is 3.26. The van der Waals surface area contributed by atoms with Gasteiger partial charge in [0.15, 0.2) is 0 Å². The van der Waals surface area contributed by atoms with Gasteiger partial charge in [0.25, 0.3) is 0 Å². The van der Waals surface area contributed by atoms with Crippen LogP contribution in [0.2, 0.25) is 0 Å². The summed E-state index contributed by atoms with van der Waals surface area (Å²) in [6, 6.07) is 2.45. The maximum Gasteiger partial charge on any atom is 0.230 e. The van der Waals surface area contributed by atoms with E-state index in [4.69, 9.17) is 0 Å². The fourth-order valence-electron chi connectivity index (χ4n) is 2.76. The number of aromatic nitrogens is 6. The van der Waals surface area contributed by atoms with Crippen molar-refractivity contribution in [3.05, 3.63) is 48.3 Å². The maximum atomic E-state index is 4.64. The number of nitrogens with zero attached hydrogens (tertiary/aromatic N) is 6. The quantitative estimate of drug-likeness (QED) is 0.693. The van der Waals surface area contributed by atoms with Crippen LogP contribution in [0.15, 0.2) is 37.1 Å². The molecule has 6 nitrogen and oxygen atoms in total. The lowest BCUT2D eigenvalue weighted by molar-refractivity contribution is 0.534. The van der Waals surface area contributed by atoms with Crippen LogP contribution in [0.25, 0.3) is 5.95 Å². The molecule has 0 spiro atoms. The highest BCUT2D eigenvalue weighted by Gasteiger charge is 2.14. The summed E-state index contributed by atoms with van der Waals surface area (Å²) in [6.45, 7) is 11.7. The minimum absolute atomic E-state index is 0.334. The molecule has 3 heterocycles. The van der Waals surface area contributed by atoms with Crippen molar-refractivity contribution in [2.24, 2.45) is 0 Å². The van der Waals surface area contributed by atoms with E-state index in [1.165, 1.54) is 5.56 Å². The van der Waals surface area contributed by atoms with Crippen LogP contribution in [0, 0.1) is 0 Å². The minimum Gasteiger partial charge on any atom is -0.313 e. The summed E-state index contributed by atoms with van der Waals surface area (Å²) in [4.78, 5) is 4.43. The van der Waals surface area contributed by atoms with Gasteiger partial charge in [0.05, 0.1) is 11.9 Å². The van der Waals surface area contributed by atoms with Crippen molar-refractivity contribution in [2.45, 2.75) is 59.0 Å². The van der Waals surface area contributed by atoms with E-state index in [0.717, 1.165) is 18.2 Å². The molecule has 6 heteroatoms. The first-order valence-corrected chi connectivity index (χ1v) is 8.56. The second-order valence-electron chi connectivity index (χ2n) is 6.96. The van der Waals surface area contributed by atoms with E-state index in [9.17, 15) is 0 Å². The Kier molecular flexibility index (Phi) is 4.55. The van der Waals surface area contributed by atoms with Gasteiger partial charge in [0.1, 0.15) is 0 Å². The minimum atomic E-state index is 0.334. The molecule has 3 aromatic rings. The van der Waals surface area contributed by atoms with E-state index >= 15 is 0 Å². The highest BCUT2D eigenvalue weighted by molar-refractivity contribution is 5.19. The van der Waals surface area contributed by atoms with Crippen LogP contribution in [0.3, 0.4) is 0 Å². The van der Waals surface area contributed by atoms with Gasteiger partial charge in [-0.15, -0.1) is 0 Å². The van der Waals surface area contributed by atoms with Gasteiger partial charge in [-0.05, 0) is 31.4 Å². The molecule has 0 aliphatic carbocycles. The monoisotopic (exact) mass is 326 g/mol. The fourth-order valence-corrected chi connectivity index (χ4v) is 2.76. The molecule has 3 aromatic heterocycles. The van der Waals surface area contributed by atoms with Crippen molar-refractivity contribution >= 4 is 0 Å². The molecular weight excluding hydrogens is 300 g/mol. The van der Waals surface area contributed by atoms with E-state index < -0.39 is 0 Å². The smallest absolute Gasteiger partial charge is 0.230 e. The van der Waals surface area contributed by atoms with Crippen molar-refractivity contribution in [3.8, 4) is 5.95 Å². The summed E-state index contributed by atoms with van der Waals surface area (Å²) in [5.74, 6) is 1.64. The van der Waals surface area contributed by atoms with Gasteiger partial charge in [-0.25, -0.2) is 9.67 Å². The summed E-state index contributed by atoms with van der Waals surface area (Å²) < 4.78 is 5.99. The lowest BCUT2D eigenvalue weighted by Gasteiger charge is -2.11. The Balaban J connectivity index is 1.75. The number of rotatable bonds is 6. The molecule has 128 valence electrons. The molecule has 0 aliphatic rings. The Labute approximate surface area is 143 Å². The topological polar surface area (TPSA) is 53.5 Å². The van der Waals surface area contributed by atoms with Crippen LogP contribution >= 0.6 is 0 Å². The number of imidazole rings is 1. The molecule has 0 saturated carbocycles. The standard InChI is InChI=1S/C18H26N6/c1-13(2)17-6-8-22(21-17)11-15(5)16-10-20-24(12-16)18-19-7-9-23(18)14(3)4/h6-10,12-15H,11H2,1-5H3. The van der Waals surface area contributed by atoms with Gasteiger partial charge in [-0.2, -0.15) is 10.2 Å². The Hall–Kier alpha value is -2.37. The molecule has 0 aliphatic heterocycles. The van der Waals surface area contributed by atoms with Gasteiger partial charge < -0.3 is 4.57 Å². The largest absolute Gasteiger partial charge is 0.313 e. The summed E-state index contributed by atoms with van der Waals surface area (Å²) in [6.07, 6.45) is 9.86. The highest BCUT2D eigenvalue weighted by atomic mass is 15.4. The van der Waals surface area contributed by atoms with Crippen LogP contribution in [-0.4, -0.2) is 29.1 Å². The average molecular weight is 326 g/mol. The predicted octanol–water partition coefficient (Wildman–Crippen LogP) is 3.77. The maximum absolute atomic E-state index is 4.64. The zero-order chi connectivity index (χ0) is 17.3. The van der Waals surface area contributed by atoms with Crippen molar-refractivity contribution in [1.82, 2.24) is 29.1 Å². The normalized spacial score (nSPS) is 13.1. The number of hydrogen-bond donors (Lipinski definition) is 0. The molecule has 3 rings (SSSR count). The molecule has 0 bridgehead atoms. The van der Waals surface area contributed by atoms with Crippen molar-refractivity contribution in [3.63, 3.8) is 0 Å². The zero-order valence-electron chi connectivity index (χ0n) is 15.1. The molecule has 0 N–H and O–H groups in total. The molecule has 0 aromatic carbocycles. The van der Waals surface area contributed by atoms with Crippen LogP contribution in [0.1, 0.15) is 63.8 Å². The van der Waals surface area contributed by atoms with Gasteiger partial charge in [0, 0.05) is 43.3 Å². The first-order valence-electron chi connectivity index (χ1n) is 8.56. The van der Waals surface area contributed by atoms with E-state index in [0.29, 0.717) is 17.9 Å². The van der Waals surface area contributed by atoms with Gasteiger partial charge in [-0.3, -0.25) is 4.68 Å². The second kappa shape index (κ2) is 6.63. The van der Waals surface area contributed by atoms with Crippen molar-refractivity contribution in [1.29, 1.82) is 0 Å². The van der Waals surface area contributed by atoms with E-state index in [2.05, 4.69) is 72.8 Å². The van der Waals surface area contributed by atoms with Gasteiger partial charge >= 0.3 is 0 Å². The molecule has 1 atom stereocenters. The molecule has 0 fully saturated rings. The van der Waals surface area contributed by atoms with Crippen LogP contribution in [0.5, 0.6) is 0 Å². The number of hydrogen-bond acceptors (Lipinski definition) is 3. The van der Waals surface area contributed by atoms with Crippen molar-refractivity contribution < 1.29 is 0 Å². The Morgan fingerprint density at radius 1 is 1.08 bits per heavy atom. The summed E-state index contributed by atoms with van der Waals surface area (Å²) in [7, 11) is 0. The molecule has 0 saturated heterocycles. The van der Waals surface area contributed by atoms with Crippen molar-refractivity contribution in [2.75, 3.05) is 0 Å². The lowest BCUT2D eigenvalue weighted by Crippen LogP contribution is -2.09. The Bertz CT molecular complexity index is 792. The summed E-state index contributed by atoms with van der Waals surface area (Å²) in [5, 5.41) is 9.14. The van der Waals surface area contributed by atoms with Gasteiger partial charge in [-0.1, -0.05) is 20.8 Å². The van der Waals surface area contributed by atoms with E-state index in [-0.39, 0.29) is 0 Å². The molecule has 0 amide bonds. The fraction of sp³-hybridized carbons (Fsp3) is 0.500. The first-order chi connectivity index (χ1) is 11.5. The third-order valence-corrected chi connectivity index (χ3v) is 4.29. The summed E-state index contributed by atoms with van der Waals surface area (Å²) in [5.41, 5.74) is 2.33. The highest BCUT2D eigenvalue weighted by Crippen LogP contribution is 2.20. The molecular formula is C18H26N6. The Morgan fingerprint density at radius 3 is 2.54 bits per heavy atom. The van der Waals surface area contributed by atoms with E-state index in [1.807, 2.05) is 28.0 Å². The van der Waals surface area contributed by atoms with E-state index in [1.54, 1.807) is 0 Å². The second-order valence-corrected chi connectivity index (χ2v) is 6.96. The molecule has 0 radical (unpaired) electrons. The van der Waals surface area contributed by atoms with Crippen LogP contribution in [-0.2, 0) is 6.54 Å². The lowest BCUT2D eigenvalue weighted by atomic mass is 10.1. The first kappa shape index (κ1) is 16.5. The summed E-state index contributed by atoms with van der Waals surface area (Å²) >= 11 is 0. The van der Waals surface area contributed by atoms with Crippen LogP contribution < -0.4 is 0 Å². The third-order valence-electron chi connectivity index (χ3n) is 4.29. The Morgan fingerprint density at radius 2 is 1.88 bits per heavy atom. The molecule has 1 unspecified atom stereocenters. The zero-order valence-corrected chi connectivity index (χ0v) is 15.1. The molecule has 24 heavy (non-hydrogen) atoms. The third kappa shape index (κ3) is 3.27.